The van der Waals surface area contributed by atoms with E-state index in [-0.39, 0.29) is 16.8 Å². The highest BCUT2D eigenvalue weighted by Gasteiger charge is 2.70. The standard InChI is InChI=1S/C54H64F4NO8P/c1-5-9-11-13-15-17-39-63-49-35-27-43(28-36-49)41-19-23-45(24-20-41)51(60)59(48-33-31-47(32-34-48)53(55,56)54(57,58)68(62,65-7-3)66-8-4)67-52(61)46-25-21-42(22-26-46)44-29-37-50(38-30-44)64-40-18-16-14-12-10-6-2/h19-38H,5-18,39-40H2,1-4H3. The highest BCUT2D eigenvalue weighted by Crippen LogP contribution is 2.69. The average molecular weight is 962 g/mol. The molecule has 0 aromatic heterocycles. The fraction of sp³-hybridized carbons (Fsp3) is 0.407. The first-order valence-electron chi connectivity index (χ1n) is 23.8. The summed E-state index contributed by atoms with van der Waals surface area (Å²) in [5, 5.41) is 0.608. The van der Waals surface area contributed by atoms with Gasteiger partial charge in [-0.3, -0.25) is 9.36 Å². The highest BCUT2D eigenvalue weighted by molar-refractivity contribution is 7.55. The molecule has 0 aliphatic carbocycles. The van der Waals surface area contributed by atoms with Crippen molar-refractivity contribution in [3.05, 3.63) is 138 Å². The third-order valence-electron chi connectivity index (χ3n) is 11.3. The average Bonchev–Trinajstić information content (AvgIpc) is 3.35. The van der Waals surface area contributed by atoms with Crippen molar-refractivity contribution in [3.8, 4) is 33.8 Å². The van der Waals surface area contributed by atoms with Crippen molar-refractivity contribution in [2.75, 3.05) is 31.5 Å². The molecule has 0 aliphatic rings. The largest absolute Gasteiger partial charge is 0.494 e. The summed E-state index contributed by atoms with van der Waals surface area (Å²) in [4.78, 5) is 33.6. The number of alkyl halides is 4. The predicted octanol–water partition coefficient (Wildman–Crippen LogP) is 15.9. The summed E-state index contributed by atoms with van der Waals surface area (Å²) in [6.45, 7) is 6.94. The Bertz CT molecular complexity index is 2330. The lowest BCUT2D eigenvalue weighted by atomic mass is 10.0. The van der Waals surface area contributed by atoms with E-state index in [0.717, 1.165) is 71.6 Å². The zero-order chi connectivity index (χ0) is 49.0. The van der Waals surface area contributed by atoms with Crippen molar-refractivity contribution in [1.82, 2.24) is 0 Å². The minimum atomic E-state index is -5.65. The van der Waals surface area contributed by atoms with Crippen LogP contribution in [0.1, 0.15) is 131 Å². The number of rotatable bonds is 28. The molecule has 0 bridgehead atoms. The second-order valence-electron chi connectivity index (χ2n) is 16.4. The summed E-state index contributed by atoms with van der Waals surface area (Å²) in [6, 6.07) is 31.1. The molecule has 0 aliphatic heterocycles. The van der Waals surface area contributed by atoms with Gasteiger partial charge in [0.1, 0.15) is 11.5 Å². The minimum absolute atomic E-state index is 0.0606. The lowest BCUT2D eigenvalue weighted by molar-refractivity contribution is -0.177. The number of carbonyl (C=O) groups excluding carboxylic acids is 2. The normalized spacial score (nSPS) is 11.9. The van der Waals surface area contributed by atoms with Crippen LogP contribution in [-0.2, 0) is 24.4 Å². The smallest absolute Gasteiger partial charge is 0.411 e. The molecule has 5 rings (SSSR count). The zero-order valence-corrected chi connectivity index (χ0v) is 40.4. The van der Waals surface area contributed by atoms with Crippen molar-refractivity contribution in [1.29, 1.82) is 0 Å². The first kappa shape index (κ1) is 53.5. The van der Waals surface area contributed by atoms with Gasteiger partial charge in [0.05, 0.1) is 37.7 Å². The van der Waals surface area contributed by atoms with Gasteiger partial charge in [-0.1, -0.05) is 139 Å². The molecule has 0 fully saturated rings. The lowest BCUT2D eigenvalue weighted by Crippen LogP contribution is -2.39. The molecule has 0 heterocycles. The van der Waals surface area contributed by atoms with Crippen LogP contribution in [-0.4, -0.2) is 44.0 Å². The molecular weight excluding hydrogens is 898 g/mol. The van der Waals surface area contributed by atoms with E-state index in [0.29, 0.717) is 30.4 Å². The Labute approximate surface area is 398 Å². The molecule has 366 valence electrons. The summed E-state index contributed by atoms with van der Waals surface area (Å²) in [5.41, 5.74) is -3.36. The fourth-order valence-corrected chi connectivity index (χ4v) is 8.94. The molecule has 0 atom stereocenters. The van der Waals surface area contributed by atoms with E-state index in [1.54, 1.807) is 24.3 Å². The van der Waals surface area contributed by atoms with E-state index in [4.69, 9.17) is 14.3 Å². The van der Waals surface area contributed by atoms with Crippen LogP contribution in [0.25, 0.3) is 22.3 Å². The summed E-state index contributed by atoms with van der Waals surface area (Å²) in [7, 11) is -5.65. The van der Waals surface area contributed by atoms with Gasteiger partial charge in [0.25, 0.3) is 5.91 Å². The highest BCUT2D eigenvalue weighted by atomic mass is 31.2. The SMILES string of the molecule is CCCCCCCCOc1ccc(-c2ccc(C(=O)ON(C(=O)c3ccc(-c4ccc(OCCCCCCCC)cc4)cc3)c3ccc(C(F)(F)C(F)(F)P(=O)(OCC)OCC)cc3)cc2)cc1. The number of carbonyl (C=O) groups is 2. The Hall–Kier alpha value is -5.49. The number of nitrogens with zero attached hydrogens (tertiary/aromatic N) is 1. The number of hydroxylamine groups is 1. The maximum atomic E-state index is 15.6. The quantitative estimate of drug-likeness (QED) is 0.0211. The lowest BCUT2D eigenvalue weighted by Gasteiger charge is -2.32. The first-order chi connectivity index (χ1) is 32.8. The molecule has 5 aromatic rings. The van der Waals surface area contributed by atoms with E-state index < -0.39 is 49.8 Å². The van der Waals surface area contributed by atoms with Crippen LogP contribution in [0.2, 0.25) is 0 Å². The van der Waals surface area contributed by atoms with E-state index >= 15 is 17.6 Å². The second kappa shape index (κ2) is 26.3. The van der Waals surface area contributed by atoms with Gasteiger partial charge in [0.15, 0.2) is 0 Å². The van der Waals surface area contributed by atoms with Gasteiger partial charge >= 0.3 is 25.2 Å². The molecule has 0 unspecified atom stereocenters. The molecule has 14 heteroatoms. The number of hydrogen-bond donors (Lipinski definition) is 0. The number of halogens is 4. The Morgan fingerprint density at radius 1 is 0.500 bits per heavy atom. The molecule has 5 aromatic carbocycles. The number of hydrogen-bond acceptors (Lipinski definition) is 8. The van der Waals surface area contributed by atoms with Crippen LogP contribution in [0, 0.1) is 0 Å². The molecule has 0 radical (unpaired) electrons. The van der Waals surface area contributed by atoms with Crippen molar-refractivity contribution in [3.63, 3.8) is 0 Å². The van der Waals surface area contributed by atoms with Crippen molar-refractivity contribution < 1.29 is 55.1 Å². The van der Waals surface area contributed by atoms with Gasteiger partial charge < -0.3 is 23.4 Å². The Morgan fingerprint density at radius 3 is 1.29 bits per heavy atom. The van der Waals surface area contributed by atoms with Crippen molar-refractivity contribution >= 4 is 25.2 Å². The van der Waals surface area contributed by atoms with E-state index in [1.807, 2.05) is 48.5 Å². The van der Waals surface area contributed by atoms with Crippen LogP contribution in [0.15, 0.2) is 121 Å². The number of ether oxygens (including phenoxy) is 2. The van der Waals surface area contributed by atoms with Gasteiger partial charge in [0.2, 0.25) is 0 Å². The molecule has 9 nitrogen and oxygen atoms in total. The van der Waals surface area contributed by atoms with E-state index in [2.05, 4.69) is 22.9 Å². The number of benzene rings is 5. The van der Waals surface area contributed by atoms with Gasteiger partial charge in [-0.15, -0.1) is 5.06 Å². The van der Waals surface area contributed by atoms with Crippen LogP contribution in [0.5, 0.6) is 11.5 Å². The Kier molecular flexibility index (Phi) is 20.7. The molecular formula is C54H64F4NO8P. The summed E-state index contributed by atoms with van der Waals surface area (Å²) >= 11 is 0. The maximum absolute atomic E-state index is 15.6. The van der Waals surface area contributed by atoms with Crippen LogP contribution in [0.4, 0.5) is 23.2 Å². The third kappa shape index (κ3) is 14.3. The molecule has 1 amide bonds. The predicted molar refractivity (Wildman–Crippen MR) is 260 cm³/mol. The Morgan fingerprint density at radius 2 is 0.882 bits per heavy atom. The van der Waals surface area contributed by atoms with Gasteiger partial charge in [-0.25, -0.2) is 4.79 Å². The van der Waals surface area contributed by atoms with Crippen LogP contribution >= 0.6 is 7.60 Å². The van der Waals surface area contributed by atoms with E-state index in [1.165, 1.54) is 89.5 Å². The summed E-state index contributed by atoms with van der Waals surface area (Å²) in [5.74, 6) is -5.38. The number of unbranched alkanes of at least 4 members (excludes halogenated alkanes) is 10. The number of anilines is 1. The van der Waals surface area contributed by atoms with Gasteiger partial charge in [-0.2, -0.15) is 17.6 Å². The second-order valence-corrected chi connectivity index (χ2v) is 18.5. The molecule has 0 spiro atoms. The fourth-order valence-electron chi connectivity index (χ4n) is 7.39. The van der Waals surface area contributed by atoms with Crippen LogP contribution in [0.3, 0.4) is 0 Å². The molecule has 68 heavy (non-hydrogen) atoms. The van der Waals surface area contributed by atoms with Crippen molar-refractivity contribution in [2.24, 2.45) is 0 Å². The Balaban J connectivity index is 1.33. The molecule has 0 saturated carbocycles. The number of amides is 1. The molecule has 0 N–H and O–H groups in total. The summed E-state index contributed by atoms with van der Waals surface area (Å²) < 4.78 is 96.0. The van der Waals surface area contributed by atoms with Crippen LogP contribution < -0.4 is 14.5 Å². The molecule has 0 saturated heterocycles. The third-order valence-corrected chi connectivity index (χ3v) is 13.5. The first-order valence-corrected chi connectivity index (χ1v) is 25.3. The maximum Gasteiger partial charge on any atom is 0.411 e. The van der Waals surface area contributed by atoms with Crippen molar-refractivity contribution in [2.45, 2.75) is 116 Å². The zero-order valence-electron chi connectivity index (χ0n) is 39.5. The monoisotopic (exact) mass is 961 g/mol. The minimum Gasteiger partial charge on any atom is -0.494 e. The van der Waals surface area contributed by atoms with Gasteiger partial charge in [0, 0.05) is 11.1 Å². The van der Waals surface area contributed by atoms with Gasteiger partial charge in [-0.05, 0) is 110 Å². The summed E-state index contributed by atoms with van der Waals surface area (Å²) in [6.07, 6.45) is 14.0. The topological polar surface area (TPSA) is 101 Å². The van der Waals surface area contributed by atoms with E-state index in [9.17, 15) is 14.2 Å².